The number of imide groups is 1. The molecule has 134 valence electrons. The van der Waals surface area contributed by atoms with Crippen LogP contribution in [0.5, 0.6) is 0 Å². The van der Waals surface area contributed by atoms with E-state index in [9.17, 15) is 14.4 Å². The van der Waals surface area contributed by atoms with Crippen molar-refractivity contribution in [2.75, 3.05) is 18.6 Å². The second kappa shape index (κ2) is 6.34. The molecule has 3 amide bonds. The lowest BCUT2D eigenvalue weighted by molar-refractivity contribution is 0.0796. The Labute approximate surface area is 155 Å². The number of rotatable bonds is 3. The van der Waals surface area contributed by atoms with E-state index >= 15 is 0 Å². The average molecular weight is 359 g/mol. The second-order valence-electron chi connectivity index (χ2n) is 6.39. The van der Waals surface area contributed by atoms with Gasteiger partial charge in [-0.3, -0.25) is 14.4 Å². The highest BCUT2D eigenvalue weighted by Gasteiger charge is 2.34. The summed E-state index contributed by atoms with van der Waals surface area (Å²) in [7, 11) is 1.59. The molecule has 0 saturated heterocycles. The first-order chi connectivity index (χ1) is 13.0. The quantitative estimate of drug-likeness (QED) is 0.576. The Bertz CT molecular complexity index is 1060. The first-order valence-electron chi connectivity index (χ1n) is 8.49. The normalized spacial score (nSPS) is 13.2. The highest BCUT2D eigenvalue weighted by Crippen LogP contribution is 2.33. The standard InChI is InChI=1S/C21H17N3O3/c1-23(12-22)19(25)14-7-2-8-15(11-14)24-20(26)16-9-3-5-13-6-4-10-17(18(13)16)21(24)27/h2-11H,12,22H2,1H3. The van der Waals surface area contributed by atoms with E-state index in [1.54, 1.807) is 55.6 Å². The van der Waals surface area contributed by atoms with Gasteiger partial charge in [-0.05, 0) is 35.7 Å². The summed E-state index contributed by atoms with van der Waals surface area (Å²) in [6, 6.07) is 17.2. The molecule has 1 aliphatic rings. The van der Waals surface area contributed by atoms with Crippen LogP contribution in [0.25, 0.3) is 10.8 Å². The summed E-state index contributed by atoms with van der Waals surface area (Å²) >= 11 is 0. The lowest BCUT2D eigenvalue weighted by atomic mass is 9.93. The molecule has 0 aromatic heterocycles. The number of benzene rings is 3. The van der Waals surface area contributed by atoms with Gasteiger partial charge in [-0.2, -0.15) is 0 Å². The van der Waals surface area contributed by atoms with Crippen molar-refractivity contribution in [3.8, 4) is 0 Å². The Kier molecular flexibility index (Phi) is 3.97. The Morgan fingerprint density at radius 3 is 2.15 bits per heavy atom. The van der Waals surface area contributed by atoms with Gasteiger partial charge in [0.2, 0.25) is 0 Å². The van der Waals surface area contributed by atoms with Gasteiger partial charge in [0, 0.05) is 29.1 Å². The Morgan fingerprint density at radius 2 is 1.56 bits per heavy atom. The van der Waals surface area contributed by atoms with Crippen molar-refractivity contribution in [2.45, 2.75) is 0 Å². The molecule has 0 radical (unpaired) electrons. The minimum absolute atomic E-state index is 0.0695. The Balaban J connectivity index is 1.84. The molecule has 1 heterocycles. The number of hydrogen-bond acceptors (Lipinski definition) is 4. The van der Waals surface area contributed by atoms with E-state index in [4.69, 9.17) is 5.73 Å². The van der Waals surface area contributed by atoms with Crippen LogP contribution in [0, 0.1) is 0 Å². The molecule has 0 spiro atoms. The Hall–Kier alpha value is -3.51. The molecule has 1 aliphatic heterocycles. The summed E-state index contributed by atoms with van der Waals surface area (Å²) < 4.78 is 0. The summed E-state index contributed by atoms with van der Waals surface area (Å²) in [5.41, 5.74) is 7.17. The van der Waals surface area contributed by atoms with Crippen molar-refractivity contribution in [3.63, 3.8) is 0 Å². The molecule has 0 atom stereocenters. The van der Waals surface area contributed by atoms with Crippen LogP contribution in [0.4, 0.5) is 5.69 Å². The minimum atomic E-state index is -0.402. The third-order valence-corrected chi connectivity index (χ3v) is 4.74. The molecule has 3 aromatic carbocycles. The SMILES string of the molecule is CN(CN)C(=O)c1cccc(N2C(=O)c3cccc4cccc(c34)C2=O)c1. The third-order valence-electron chi connectivity index (χ3n) is 4.74. The number of nitrogens with zero attached hydrogens (tertiary/aromatic N) is 2. The summed E-state index contributed by atoms with van der Waals surface area (Å²) in [5, 5.41) is 1.51. The van der Waals surface area contributed by atoms with Crippen LogP contribution in [0.2, 0.25) is 0 Å². The van der Waals surface area contributed by atoms with Gasteiger partial charge in [0.05, 0.1) is 12.4 Å². The molecule has 0 saturated carbocycles. The predicted octanol–water partition coefficient (Wildman–Crippen LogP) is 2.63. The van der Waals surface area contributed by atoms with Crippen LogP contribution in [0.15, 0.2) is 60.7 Å². The van der Waals surface area contributed by atoms with E-state index in [1.807, 2.05) is 12.1 Å². The number of hydrogen-bond donors (Lipinski definition) is 1. The van der Waals surface area contributed by atoms with Gasteiger partial charge in [-0.1, -0.05) is 30.3 Å². The zero-order valence-corrected chi connectivity index (χ0v) is 14.7. The second-order valence-corrected chi connectivity index (χ2v) is 6.39. The molecule has 6 nitrogen and oxygen atoms in total. The highest BCUT2D eigenvalue weighted by atomic mass is 16.2. The largest absolute Gasteiger partial charge is 0.329 e. The van der Waals surface area contributed by atoms with E-state index < -0.39 is 11.8 Å². The van der Waals surface area contributed by atoms with E-state index in [-0.39, 0.29) is 12.6 Å². The molecule has 4 rings (SSSR count). The van der Waals surface area contributed by atoms with E-state index in [0.29, 0.717) is 27.8 Å². The number of carbonyl (C=O) groups is 3. The van der Waals surface area contributed by atoms with Gasteiger partial charge < -0.3 is 10.6 Å². The minimum Gasteiger partial charge on any atom is -0.329 e. The van der Waals surface area contributed by atoms with E-state index in [0.717, 1.165) is 10.3 Å². The van der Waals surface area contributed by atoms with E-state index in [1.165, 1.54) is 4.90 Å². The van der Waals surface area contributed by atoms with Crippen LogP contribution in [0.3, 0.4) is 0 Å². The van der Waals surface area contributed by atoms with Crippen molar-refractivity contribution < 1.29 is 14.4 Å². The lowest BCUT2D eigenvalue weighted by Gasteiger charge is -2.27. The van der Waals surface area contributed by atoms with Crippen molar-refractivity contribution in [1.29, 1.82) is 0 Å². The summed E-state index contributed by atoms with van der Waals surface area (Å²) in [6.07, 6.45) is 0. The van der Waals surface area contributed by atoms with Crippen molar-refractivity contribution in [3.05, 3.63) is 77.4 Å². The fourth-order valence-electron chi connectivity index (χ4n) is 3.35. The van der Waals surface area contributed by atoms with Crippen LogP contribution >= 0.6 is 0 Å². The first kappa shape index (κ1) is 16.9. The maximum absolute atomic E-state index is 13.1. The van der Waals surface area contributed by atoms with Crippen molar-refractivity contribution in [1.82, 2.24) is 4.90 Å². The zero-order chi connectivity index (χ0) is 19.1. The fourth-order valence-corrected chi connectivity index (χ4v) is 3.35. The summed E-state index contributed by atoms with van der Waals surface area (Å²) in [5.74, 6) is -1.08. The summed E-state index contributed by atoms with van der Waals surface area (Å²) in [4.78, 5) is 41.0. The van der Waals surface area contributed by atoms with Gasteiger partial charge in [0.25, 0.3) is 17.7 Å². The molecular weight excluding hydrogens is 342 g/mol. The molecule has 6 heteroatoms. The molecular formula is C21H17N3O3. The monoisotopic (exact) mass is 359 g/mol. The molecule has 0 bridgehead atoms. The maximum atomic E-state index is 13.1. The molecule has 0 fully saturated rings. The van der Waals surface area contributed by atoms with Gasteiger partial charge in [-0.15, -0.1) is 0 Å². The molecule has 27 heavy (non-hydrogen) atoms. The molecule has 0 aliphatic carbocycles. The lowest BCUT2D eigenvalue weighted by Crippen LogP contribution is -2.40. The van der Waals surface area contributed by atoms with Gasteiger partial charge in [0.1, 0.15) is 0 Å². The molecule has 3 aromatic rings. The van der Waals surface area contributed by atoms with Crippen LogP contribution < -0.4 is 10.6 Å². The average Bonchev–Trinajstić information content (AvgIpc) is 2.71. The van der Waals surface area contributed by atoms with Crippen LogP contribution in [-0.4, -0.2) is 36.3 Å². The van der Waals surface area contributed by atoms with Gasteiger partial charge in [-0.25, -0.2) is 4.90 Å². The first-order valence-corrected chi connectivity index (χ1v) is 8.49. The van der Waals surface area contributed by atoms with E-state index in [2.05, 4.69) is 0 Å². The highest BCUT2D eigenvalue weighted by molar-refractivity contribution is 6.35. The number of amides is 3. The number of nitrogens with two attached hydrogens (primary N) is 1. The van der Waals surface area contributed by atoms with Crippen molar-refractivity contribution in [2.24, 2.45) is 5.73 Å². The van der Waals surface area contributed by atoms with Crippen LogP contribution in [0.1, 0.15) is 31.1 Å². The topological polar surface area (TPSA) is 83.7 Å². The molecule has 0 unspecified atom stereocenters. The van der Waals surface area contributed by atoms with Crippen molar-refractivity contribution >= 4 is 34.2 Å². The van der Waals surface area contributed by atoms with Gasteiger partial charge >= 0.3 is 0 Å². The maximum Gasteiger partial charge on any atom is 0.265 e. The zero-order valence-electron chi connectivity index (χ0n) is 14.7. The fraction of sp³-hybridized carbons (Fsp3) is 0.0952. The number of carbonyl (C=O) groups excluding carboxylic acids is 3. The van der Waals surface area contributed by atoms with Crippen LogP contribution in [-0.2, 0) is 0 Å². The summed E-state index contributed by atoms with van der Waals surface area (Å²) in [6.45, 7) is 0.0695. The predicted molar refractivity (Wildman–Crippen MR) is 103 cm³/mol. The smallest absolute Gasteiger partial charge is 0.265 e. The van der Waals surface area contributed by atoms with Gasteiger partial charge in [0.15, 0.2) is 0 Å². The molecule has 2 N–H and O–H groups in total. The third kappa shape index (κ3) is 2.58. The number of anilines is 1. The Morgan fingerprint density at radius 1 is 0.963 bits per heavy atom.